The molecule has 83 heavy (non-hydrogen) atoms. The zero-order valence-electron chi connectivity index (χ0n) is 45.6. The Bertz CT molecular complexity index is 3260. The van der Waals surface area contributed by atoms with Gasteiger partial charge >= 0.3 is 0 Å². The molecule has 16 nitrogen and oxygen atoms in total. The highest BCUT2D eigenvalue weighted by Gasteiger charge is 2.29. The molecule has 3 aliphatic rings. The minimum atomic E-state index is -0.287. The summed E-state index contributed by atoms with van der Waals surface area (Å²) >= 11 is 14.6. The molecule has 4 N–H and O–H groups in total. The Balaban J connectivity index is 0.000000214. The van der Waals surface area contributed by atoms with E-state index in [1.807, 2.05) is 95.4 Å². The lowest BCUT2D eigenvalue weighted by Gasteiger charge is -2.36. The van der Waals surface area contributed by atoms with E-state index in [0.717, 1.165) is 93.4 Å². The van der Waals surface area contributed by atoms with Gasteiger partial charge in [0.15, 0.2) is 0 Å². The number of aromatic nitrogens is 5. The maximum absolute atomic E-state index is 12.8. The molecule has 10 rings (SSSR count). The zero-order valence-corrected chi connectivity index (χ0v) is 48.7. The summed E-state index contributed by atoms with van der Waals surface area (Å²) in [6.07, 6.45) is 16.2. The molecule has 0 spiro atoms. The van der Waals surface area contributed by atoms with Crippen LogP contribution < -0.4 is 32.6 Å². The first-order valence-electron chi connectivity index (χ1n) is 27.3. The minimum absolute atomic E-state index is 0. The zero-order chi connectivity index (χ0) is 57.5. The number of aromatic amines is 1. The molecule has 5 atom stereocenters. The van der Waals surface area contributed by atoms with Crippen LogP contribution in [0.15, 0.2) is 167 Å². The van der Waals surface area contributed by atoms with Gasteiger partial charge in [0.2, 0.25) is 17.4 Å². The Morgan fingerprint density at radius 3 is 1.67 bits per heavy atom. The van der Waals surface area contributed by atoms with Crippen molar-refractivity contribution >= 4 is 76.2 Å². The van der Waals surface area contributed by atoms with E-state index in [1.54, 1.807) is 67.6 Å². The number of nitrogens with one attached hydrogen (secondary N) is 4. The molecule has 20 heteroatoms. The quantitative estimate of drug-likeness (QED) is 0.0459. The van der Waals surface area contributed by atoms with Gasteiger partial charge in [-0.05, 0) is 148 Å². The Hall–Kier alpha value is -6.80. The van der Waals surface area contributed by atoms with Gasteiger partial charge in [-0.1, -0.05) is 133 Å². The number of carbonyl (C=O) groups is 3. The summed E-state index contributed by atoms with van der Waals surface area (Å²) < 4.78 is 3.59. The van der Waals surface area contributed by atoms with E-state index in [2.05, 4.69) is 63.9 Å². The molecule has 0 saturated carbocycles. The average Bonchev–Trinajstić information content (AvgIpc) is 3.59. The van der Waals surface area contributed by atoms with E-state index in [4.69, 9.17) is 23.2 Å². The molecule has 8 heterocycles. The van der Waals surface area contributed by atoms with E-state index in [0.29, 0.717) is 46.6 Å². The van der Waals surface area contributed by atoms with Gasteiger partial charge in [0.25, 0.3) is 18.5 Å². The maximum atomic E-state index is 12.8. The maximum Gasteiger partial charge on any atom is 0.293 e. The highest BCUT2D eigenvalue weighted by atomic mass is 79.9. The fourth-order valence-electron chi connectivity index (χ4n) is 9.85. The SMILES string of the molecule is C.C.C[C@@H](Br)C(=O)Nc1ccc(Cl)cn1.C[C@@H](C(=O)Nc1ccc(Cl)cn1)N1CCC[C@@H](c2ccc(=O)n(Cc3ccccc3)c2)C1.O=C[B]N1CCCC(c2ccc(=O)[nH]c2)C1.O=c1ccc(C2CCCNC2)cn1Cc1ccccc1. The second kappa shape index (κ2) is 34.7. The fraction of sp³-hybridized carbons (Fsp3) is 0.365. The number of nitrogens with zero attached hydrogens (tertiary/aromatic N) is 6. The van der Waals surface area contributed by atoms with Crippen molar-refractivity contribution in [2.45, 2.75) is 109 Å². The standard InChI is InChI=1S/C25H27ClN4O2.C17H20N2O.C11H14BN2O2.C8H8BrClN2O.2CH4/c1-18(25(32)28-23-11-10-22(26)14-27-23)29-13-5-8-20(16-29)21-9-12-24(31)30(17-21)15-19-6-3-2-4-7-19;20-17-9-8-16(15-7-4-10-18-11-15)13-19(17)12-14-5-2-1-3-6-14;15-8-12-14-5-1-2-10(7-14)9-3-4-11(16)13-6-9;1-5(9)8(13)12-7-3-2-6(10)4-11-7;;/h2-4,6-7,9-12,14,17-18,20H,5,8,13,15-16H2,1H3,(H,27,28,32);1-3,5-6,8-9,13,15,18H,4,7,10-12H2;3-4,6,8,10H,1-2,5,7H2,(H,13,16);2-5H,1H3,(H,11,12,13);2*1H4/t18-,20+;;;5-;;/m0..1../s1. The Morgan fingerprint density at radius 2 is 1.18 bits per heavy atom. The largest absolute Gasteiger partial charge is 0.339 e. The molecule has 7 aromatic rings. The summed E-state index contributed by atoms with van der Waals surface area (Å²) in [4.78, 5) is 84.5. The van der Waals surface area contributed by atoms with Crippen molar-refractivity contribution in [2.24, 2.45) is 0 Å². The van der Waals surface area contributed by atoms with E-state index < -0.39 is 0 Å². The predicted octanol–water partition coefficient (Wildman–Crippen LogP) is 10.6. The summed E-state index contributed by atoms with van der Waals surface area (Å²) in [6, 6.07) is 37.2. The number of pyridine rings is 5. The summed E-state index contributed by atoms with van der Waals surface area (Å²) in [7, 11) is 1.60. The number of likely N-dealkylation sites (tertiary alicyclic amines) is 1. The topological polar surface area (TPSA) is 196 Å². The third kappa shape index (κ3) is 21.7. The van der Waals surface area contributed by atoms with Crippen molar-refractivity contribution in [3.8, 4) is 0 Å². The van der Waals surface area contributed by atoms with Gasteiger partial charge in [-0.25, -0.2) is 9.97 Å². The highest BCUT2D eigenvalue weighted by Crippen LogP contribution is 2.29. The number of amides is 2. The molecular weight excluding hydrogens is 1150 g/mol. The van der Waals surface area contributed by atoms with E-state index >= 15 is 0 Å². The van der Waals surface area contributed by atoms with Gasteiger partial charge in [-0.15, -0.1) is 0 Å². The van der Waals surface area contributed by atoms with Crippen molar-refractivity contribution in [2.75, 3.05) is 49.9 Å². The second-order valence-electron chi connectivity index (χ2n) is 20.3. The number of halogens is 3. The van der Waals surface area contributed by atoms with Crippen LogP contribution >= 0.6 is 39.1 Å². The predicted molar refractivity (Wildman–Crippen MR) is 341 cm³/mol. The lowest BCUT2D eigenvalue weighted by Crippen LogP contribution is -2.46. The lowest BCUT2D eigenvalue weighted by molar-refractivity contribution is -0.121. The van der Waals surface area contributed by atoms with Crippen molar-refractivity contribution in [1.82, 2.24) is 39.1 Å². The molecule has 3 aliphatic heterocycles. The van der Waals surface area contributed by atoms with Crippen molar-refractivity contribution < 1.29 is 14.4 Å². The Labute approximate surface area is 506 Å². The first kappa shape index (κ1) is 67.0. The van der Waals surface area contributed by atoms with Gasteiger partial charge in [0.05, 0.1) is 40.2 Å². The van der Waals surface area contributed by atoms with Crippen LogP contribution in [0.1, 0.15) is 113 Å². The van der Waals surface area contributed by atoms with Crippen LogP contribution in [-0.2, 0) is 27.5 Å². The number of alkyl halides is 1. The van der Waals surface area contributed by atoms with E-state index in [9.17, 15) is 28.8 Å². The molecule has 3 fully saturated rings. The van der Waals surface area contributed by atoms with Crippen LogP contribution in [0.4, 0.5) is 11.6 Å². The minimum Gasteiger partial charge on any atom is -0.339 e. The van der Waals surface area contributed by atoms with Crippen LogP contribution in [0.3, 0.4) is 0 Å². The van der Waals surface area contributed by atoms with Crippen LogP contribution in [0.25, 0.3) is 0 Å². The van der Waals surface area contributed by atoms with Crippen molar-refractivity contribution in [1.29, 1.82) is 0 Å². The summed E-state index contributed by atoms with van der Waals surface area (Å²) in [5, 5.41) is 9.99. The molecule has 5 aromatic heterocycles. The van der Waals surface area contributed by atoms with Gasteiger partial charge in [0, 0.05) is 62.3 Å². The average molecular weight is 1230 g/mol. The number of hydrogen-bond acceptors (Lipinski definition) is 11. The Kier molecular flexibility index (Phi) is 28.0. The molecule has 2 amide bonds. The van der Waals surface area contributed by atoms with Crippen LogP contribution in [-0.4, -0.2) is 109 Å². The second-order valence-corrected chi connectivity index (χ2v) is 22.6. The molecule has 2 unspecified atom stereocenters. The van der Waals surface area contributed by atoms with Crippen molar-refractivity contribution in [3.63, 3.8) is 0 Å². The number of benzene rings is 2. The van der Waals surface area contributed by atoms with Gasteiger partial charge in [0.1, 0.15) is 11.6 Å². The molecule has 0 bridgehead atoms. The third-order valence-corrected chi connectivity index (χ3v) is 15.2. The van der Waals surface area contributed by atoms with Crippen LogP contribution in [0, 0.1) is 0 Å². The first-order chi connectivity index (χ1) is 39.2. The summed E-state index contributed by atoms with van der Waals surface area (Å²) in [5.41, 5.74) is 5.80. The third-order valence-electron chi connectivity index (χ3n) is 14.3. The summed E-state index contributed by atoms with van der Waals surface area (Å²) in [6.45, 7) is 10.4. The van der Waals surface area contributed by atoms with Crippen LogP contribution in [0.5, 0.6) is 0 Å². The highest BCUT2D eigenvalue weighted by molar-refractivity contribution is 9.10. The molecule has 2 aromatic carbocycles. The van der Waals surface area contributed by atoms with Crippen LogP contribution in [0.2, 0.25) is 10.0 Å². The lowest BCUT2D eigenvalue weighted by atomic mass is 9.84. The van der Waals surface area contributed by atoms with Gasteiger partial charge in [-0.2, -0.15) is 0 Å². The van der Waals surface area contributed by atoms with Crippen molar-refractivity contribution in [3.05, 3.63) is 221 Å². The molecule has 439 valence electrons. The smallest absolute Gasteiger partial charge is 0.293 e. The first-order valence-corrected chi connectivity index (χ1v) is 29.0. The number of H-pyrrole nitrogens is 1. The molecule has 1 radical (unpaired) electrons. The molecule has 3 saturated heterocycles. The van der Waals surface area contributed by atoms with Gasteiger partial charge < -0.3 is 39.7 Å². The number of hydrogen-bond donors (Lipinski definition) is 4. The normalized spacial score (nSPS) is 17.4. The van der Waals surface area contributed by atoms with Gasteiger partial charge in [-0.3, -0.25) is 28.9 Å². The van der Waals surface area contributed by atoms with E-state index in [1.165, 1.54) is 30.8 Å². The monoisotopic (exact) mass is 1230 g/mol. The summed E-state index contributed by atoms with van der Waals surface area (Å²) in [5.74, 6) is 1.99. The van der Waals surface area contributed by atoms with E-state index in [-0.39, 0.29) is 60.1 Å². The fourth-order valence-corrected chi connectivity index (χ4v) is 10.2. The molecular formula is C63H77BBrCl2N10O6. The molecule has 0 aliphatic carbocycles. The number of piperidine rings is 3. The Morgan fingerprint density at radius 1 is 0.663 bits per heavy atom. The number of rotatable bonds is 14. The number of carbonyl (C=O) groups excluding carboxylic acids is 3. The number of anilines is 2.